The van der Waals surface area contributed by atoms with Crippen LogP contribution in [0.1, 0.15) is 26.5 Å². The van der Waals surface area contributed by atoms with E-state index in [2.05, 4.69) is 4.98 Å². The second kappa shape index (κ2) is 3.50. The Labute approximate surface area is 81.9 Å². The maximum absolute atomic E-state index is 11.4. The molecule has 0 unspecified atom stereocenters. The first-order chi connectivity index (χ1) is 6.42. The highest BCUT2D eigenvalue weighted by Crippen LogP contribution is 2.08. The van der Waals surface area contributed by atoms with Crippen molar-refractivity contribution in [2.75, 3.05) is 0 Å². The number of carbonyl (C=O) groups excluding carboxylic acids is 1. The molecule has 74 valence electrons. The predicted octanol–water partition coefficient (Wildman–Crippen LogP) is 1.54. The number of hydrogen-bond acceptors (Lipinski definition) is 4. The van der Waals surface area contributed by atoms with Gasteiger partial charge in [0.1, 0.15) is 18.0 Å². The number of ether oxygens (including phenoxy) is 1. The molecule has 1 aromatic rings. The Morgan fingerprint density at radius 3 is 2.71 bits per heavy atom. The average Bonchev–Trinajstić information content (AvgIpc) is 2.48. The number of rotatable bonds is 0. The highest BCUT2D eigenvalue weighted by molar-refractivity contribution is 5.70. The zero-order chi connectivity index (χ0) is 10.8. The summed E-state index contributed by atoms with van der Waals surface area (Å²) < 4.78 is 6.20. The van der Waals surface area contributed by atoms with Crippen molar-refractivity contribution in [2.45, 2.75) is 26.4 Å². The summed E-state index contributed by atoms with van der Waals surface area (Å²) in [4.78, 5) is 15.1. The molecule has 0 N–H and O–H groups in total. The number of aromatic nitrogens is 2. The molecule has 0 aliphatic rings. The van der Waals surface area contributed by atoms with Crippen LogP contribution in [0.5, 0.6) is 0 Å². The van der Waals surface area contributed by atoms with Crippen LogP contribution in [0.3, 0.4) is 0 Å². The molecule has 0 fully saturated rings. The Hall–Kier alpha value is -1.83. The number of nitrogens with zero attached hydrogens (tertiary/aromatic N) is 3. The Morgan fingerprint density at radius 1 is 1.64 bits per heavy atom. The monoisotopic (exact) mass is 193 g/mol. The molecule has 0 spiro atoms. The van der Waals surface area contributed by atoms with E-state index in [1.807, 2.05) is 6.07 Å². The van der Waals surface area contributed by atoms with Crippen molar-refractivity contribution in [3.63, 3.8) is 0 Å². The SMILES string of the molecule is CC(C)(C)OC(=O)n1cnc(C#N)c1. The molecule has 14 heavy (non-hydrogen) atoms. The van der Waals surface area contributed by atoms with Crippen molar-refractivity contribution in [1.82, 2.24) is 9.55 Å². The van der Waals surface area contributed by atoms with Crippen molar-refractivity contribution >= 4 is 6.09 Å². The van der Waals surface area contributed by atoms with Crippen LogP contribution in [-0.2, 0) is 4.74 Å². The van der Waals surface area contributed by atoms with Gasteiger partial charge in [-0.1, -0.05) is 0 Å². The highest BCUT2D eigenvalue weighted by Gasteiger charge is 2.17. The molecule has 0 aliphatic carbocycles. The molecule has 1 aromatic heterocycles. The quantitative estimate of drug-likeness (QED) is 0.626. The van der Waals surface area contributed by atoms with Gasteiger partial charge in [0.25, 0.3) is 0 Å². The van der Waals surface area contributed by atoms with E-state index < -0.39 is 11.7 Å². The molecular formula is C9H11N3O2. The van der Waals surface area contributed by atoms with Gasteiger partial charge in [-0.05, 0) is 20.8 Å². The van der Waals surface area contributed by atoms with Crippen LogP contribution in [-0.4, -0.2) is 21.2 Å². The van der Waals surface area contributed by atoms with Gasteiger partial charge in [-0.25, -0.2) is 14.3 Å². The van der Waals surface area contributed by atoms with Crippen molar-refractivity contribution in [1.29, 1.82) is 5.26 Å². The second-order valence-corrected chi connectivity index (χ2v) is 3.76. The average molecular weight is 193 g/mol. The molecule has 0 saturated heterocycles. The summed E-state index contributed by atoms with van der Waals surface area (Å²) in [5.41, 5.74) is -0.357. The molecule has 0 aliphatic heterocycles. The van der Waals surface area contributed by atoms with Crippen LogP contribution in [0.2, 0.25) is 0 Å². The molecule has 5 heteroatoms. The van der Waals surface area contributed by atoms with Gasteiger partial charge in [-0.15, -0.1) is 0 Å². The van der Waals surface area contributed by atoms with E-state index in [4.69, 9.17) is 10.00 Å². The van der Waals surface area contributed by atoms with E-state index in [9.17, 15) is 4.79 Å². The minimum Gasteiger partial charge on any atom is -0.443 e. The van der Waals surface area contributed by atoms with E-state index in [1.54, 1.807) is 20.8 Å². The lowest BCUT2D eigenvalue weighted by Crippen LogP contribution is -2.26. The molecule has 0 radical (unpaired) electrons. The van der Waals surface area contributed by atoms with Gasteiger partial charge in [0.05, 0.1) is 6.20 Å². The number of hydrogen-bond donors (Lipinski definition) is 0. The van der Waals surface area contributed by atoms with Crippen molar-refractivity contribution < 1.29 is 9.53 Å². The molecule has 1 rings (SSSR count). The predicted molar refractivity (Wildman–Crippen MR) is 48.6 cm³/mol. The molecule has 5 nitrogen and oxygen atoms in total. The lowest BCUT2D eigenvalue weighted by Gasteiger charge is -2.18. The topological polar surface area (TPSA) is 67.9 Å². The standard InChI is InChI=1S/C9H11N3O2/c1-9(2,3)14-8(13)12-5-7(4-10)11-6-12/h5-6H,1-3H3. The molecular weight excluding hydrogens is 182 g/mol. The molecule has 1 heterocycles. The molecule has 0 aromatic carbocycles. The van der Waals surface area contributed by atoms with Crippen LogP contribution < -0.4 is 0 Å². The lowest BCUT2D eigenvalue weighted by atomic mass is 10.2. The normalized spacial score (nSPS) is 10.7. The smallest absolute Gasteiger partial charge is 0.419 e. The summed E-state index contributed by atoms with van der Waals surface area (Å²) >= 11 is 0. The van der Waals surface area contributed by atoms with Crippen LogP contribution in [0, 0.1) is 11.3 Å². The third-order valence-corrected chi connectivity index (χ3v) is 1.30. The fraction of sp³-hybridized carbons (Fsp3) is 0.444. The molecule has 0 saturated carbocycles. The van der Waals surface area contributed by atoms with Crippen molar-refractivity contribution in [2.24, 2.45) is 0 Å². The van der Waals surface area contributed by atoms with Gasteiger partial charge in [0.15, 0.2) is 5.69 Å². The van der Waals surface area contributed by atoms with Gasteiger partial charge < -0.3 is 4.74 Å². The molecule has 0 atom stereocenters. The Balaban J connectivity index is 2.76. The van der Waals surface area contributed by atoms with Crippen molar-refractivity contribution in [3.8, 4) is 6.07 Å². The number of imidazole rings is 1. The first-order valence-electron chi connectivity index (χ1n) is 4.10. The largest absolute Gasteiger partial charge is 0.443 e. The van der Waals surface area contributed by atoms with Crippen LogP contribution in [0.4, 0.5) is 4.79 Å². The molecule has 0 amide bonds. The van der Waals surface area contributed by atoms with E-state index in [0.29, 0.717) is 0 Å². The second-order valence-electron chi connectivity index (χ2n) is 3.76. The van der Waals surface area contributed by atoms with Gasteiger partial charge in [-0.3, -0.25) is 0 Å². The van der Waals surface area contributed by atoms with E-state index in [0.717, 1.165) is 4.57 Å². The van der Waals surface area contributed by atoms with E-state index in [1.165, 1.54) is 12.5 Å². The van der Waals surface area contributed by atoms with Crippen LogP contribution in [0.15, 0.2) is 12.5 Å². The summed E-state index contributed by atoms with van der Waals surface area (Å²) in [7, 11) is 0. The van der Waals surface area contributed by atoms with E-state index in [-0.39, 0.29) is 5.69 Å². The fourth-order valence-corrected chi connectivity index (χ4v) is 0.795. The third kappa shape index (κ3) is 2.59. The minimum absolute atomic E-state index is 0.191. The fourth-order valence-electron chi connectivity index (χ4n) is 0.795. The zero-order valence-electron chi connectivity index (χ0n) is 8.31. The summed E-state index contributed by atoms with van der Waals surface area (Å²) in [6.07, 6.45) is 2.05. The van der Waals surface area contributed by atoms with Gasteiger partial charge >= 0.3 is 6.09 Å². The summed E-state index contributed by atoms with van der Waals surface area (Å²) in [5.74, 6) is 0. The summed E-state index contributed by atoms with van der Waals surface area (Å²) in [6.45, 7) is 5.31. The van der Waals surface area contributed by atoms with Crippen molar-refractivity contribution in [3.05, 3.63) is 18.2 Å². The van der Waals surface area contributed by atoms with Gasteiger partial charge in [0, 0.05) is 0 Å². The van der Waals surface area contributed by atoms with Crippen LogP contribution in [0.25, 0.3) is 0 Å². The maximum Gasteiger partial charge on any atom is 0.419 e. The molecule has 0 bridgehead atoms. The summed E-state index contributed by atoms with van der Waals surface area (Å²) in [6, 6.07) is 1.83. The highest BCUT2D eigenvalue weighted by atomic mass is 16.6. The number of carbonyl (C=O) groups is 1. The minimum atomic E-state index is -0.547. The Kier molecular flexibility index (Phi) is 2.56. The Morgan fingerprint density at radius 2 is 2.29 bits per heavy atom. The van der Waals surface area contributed by atoms with Gasteiger partial charge in [0.2, 0.25) is 0 Å². The van der Waals surface area contributed by atoms with E-state index >= 15 is 0 Å². The van der Waals surface area contributed by atoms with Gasteiger partial charge in [-0.2, -0.15) is 5.26 Å². The van der Waals surface area contributed by atoms with Crippen LogP contribution >= 0.6 is 0 Å². The lowest BCUT2D eigenvalue weighted by molar-refractivity contribution is 0.0536. The summed E-state index contributed by atoms with van der Waals surface area (Å²) in [5, 5.41) is 8.49. The first-order valence-corrected chi connectivity index (χ1v) is 4.10. The first kappa shape index (κ1) is 10.3. The maximum atomic E-state index is 11.4. The zero-order valence-corrected chi connectivity index (χ0v) is 8.31. The Bertz CT molecular complexity index is 381. The number of nitriles is 1. The third-order valence-electron chi connectivity index (χ3n) is 1.30.